The number of benzene rings is 1. The topological polar surface area (TPSA) is 822 Å². The number of rotatable bonds is 63. The second-order valence-electron chi connectivity index (χ2n) is 32.0. The Morgan fingerprint density at radius 1 is 0.315 bits per heavy atom. The van der Waals surface area contributed by atoms with Gasteiger partial charge in [-0.25, -0.2) is 0 Å². The summed E-state index contributed by atoms with van der Waals surface area (Å²) in [6, 6.07) is -20.9. The van der Waals surface area contributed by atoms with Crippen LogP contribution < -0.4 is 120 Å². The highest BCUT2D eigenvalue weighted by molar-refractivity contribution is 6.02. The van der Waals surface area contributed by atoms with Gasteiger partial charge in [0.15, 0.2) is 0 Å². The van der Waals surface area contributed by atoms with Crippen LogP contribution in [0.15, 0.2) is 24.3 Å². The molecule has 1 rings (SSSR count). The summed E-state index contributed by atoms with van der Waals surface area (Å²) in [5, 5.41) is 85.4. The fourth-order valence-corrected chi connectivity index (χ4v) is 12.2. The summed E-state index contributed by atoms with van der Waals surface area (Å²) in [4.78, 5) is 283. The number of phenolic OH excluding ortho intramolecular Hbond substituents is 1. The van der Waals surface area contributed by atoms with Gasteiger partial charge in [-0.05, 0) is 166 Å². The number of unbranched alkanes of at least 4 members (excludes halogenated alkanes) is 3. The highest BCUT2D eigenvalue weighted by Crippen LogP contribution is 2.17. The van der Waals surface area contributed by atoms with Crippen molar-refractivity contribution < 1.29 is 126 Å². The van der Waals surface area contributed by atoms with Crippen molar-refractivity contribution in [2.24, 2.45) is 57.9 Å². The molecule has 0 aromatic heterocycles. The van der Waals surface area contributed by atoms with Gasteiger partial charge in [0.1, 0.15) is 96.4 Å². The highest BCUT2D eigenvalue weighted by atomic mass is 16.4. The first-order valence-corrected chi connectivity index (χ1v) is 41.8. The van der Waals surface area contributed by atoms with Crippen LogP contribution in [-0.2, 0) is 107 Å². The molecule has 0 spiro atoms. The summed E-state index contributed by atoms with van der Waals surface area (Å²) in [7, 11) is 0. The standard InChI is InChI=1S/C79H132N22O26/c1-37(2)33-52(73(120)98-55(36-60(109)110)72(119)88-42(9)79(126)127)95-71(118)51(26-29-59(107)108)92-69(116)49(24-27-56(84)104)93-77(124)62(39(5)6)100-78(125)63(43(10)102)101-65(112)41(8)87-66(113)46(17-11-14-30-80)89-67(114)47(18-12-15-31-81)90-68(115)48(19-13-16-32-82)91-75(122)54(35-58(86)106)97-74(121)53(34-44-20-22-45(103)23-21-44)96-70(117)50(25-28-57(85)105)94-76(123)61(38(3)4)99-64(111)40(7)83/h20-23,37-43,46-55,61-63,102-103H,11-19,24-36,80-83H2,1-10H3,(H2,84,104)(H2,85,105)(H2,86,106)(H,87,113)(H,88,119)(H,89,114)(H,90,115)(H,91,122)(H,92,116)(H,93,124)(H,94,123)(H,95,118)(H,96,117)(H,97,121)(H,98,120)(H,99,111)(H,100,125)(H,101,112)(H,107,108)(H,109,110)(H,126,127)/t40-,41-,42-,43+,46-,47-,48-,49-,50-,51-,52-,53-,54-,55-,61-,62-,63-/m0/s1. The average Bonchev–Trinajstić information content (AvgIpc) is 0.844. The second-order valence-corrected chi connectivity index (χ2v) is 32.0. The summed E-state index contributed by atoms with van der Waals surface area (Å²) < 4.78 is 0. The molecular weight excluding hydrogens is 1670 g/mol. The molecule has 0 radical (unpaired) electrons. The summed E-state index contributed by atoms with van der Waals surface area (Å²) in [6.07, 6.45) is -7.14. The van der Waals surface area contributed by atoms with E-state index in [9.17, 15) is 126 Å². The second kappa shape index (κ2) is 58.1. The summed E-state index contributed by atoms with van der Waals surface area (Å²) in [6.45, 7) is 14.2. The lowest BCUT2D eigenvalue weighted by Crippen LogP contribution is -2.62. The van der Waals surface area contributed by atoms with E-state index in [1.807, 2.05) is 5.32 Å². The van der Waals surface area contributed by atoms with Crippen molar-refractivity contribution in [3.63, 3.8) is 0 Å². The minimum atomic E-state index is -1.94. The molecule has 714 valence electrons. The molecule has 0 aliphatic heterocycles. The lowest BCUT2D eigenvalue weighted by atomic mass is 10.00. The number of nitrogens with one attached hydrogen (secondary N) is 15. The largest absolute Gasteiger partial charge is 0.508 e. The molecule has 1 aromatic rings. The number of aliphatic carboxylic acids is 3. The lowest BCUT2D eigenvalue weighted by molar-refractivity contribution is -0.143. The van der Waals surface area contributed by atoms with Crippen molar-refractivity contribution in [1.29, 1.82) is 0 Å². The molecular formula is C79H132N22O26. The van der Waals surface area contributed by atoms with Crippen LogP contribution in [0, 0.1) is 17.8 Å². The quantitative estimate of drug-likeness (QED) is 0.0269. The van der Waals surface area contributed by atoms with Crippen LogP contribution in [0.1, 0.15) is 190 Å². The Morgan fingerprint density at radius 3 is 0.976 bits per heavy atom. The van der Waals surface area contributed by atoms with Gasteiger partial charge < -0.3 is 145 Å². The number of hydrogen-bond acceptors (Lipinski definition) is 27. The van der Waals surface area contributed by atoms with E-state index in [-0.39, 0.29) is 76.8 Å². The van der Waals surface area contributed by atoms with E-state index >= 15 is 0 Å². The molecule has 17 atom stereocenters. The van der Waals surface area contributed by atoms with Gasteiger partial charge in [0.2, 0.25) is 106 Å². The van der Waals surface area contributed by atoms with Crippen LogP contribution >= 0.6 is 0 Å². The fourth-order valence-electron chi connectivity index (χ4n) is 12.2. The maximum atomic E-state index is 14.7. The molecule has 0 heterocycles. The summed E-state index contributed by atoms with van der Waals surface area (Å²) >= 11 is 0. The Bertz CT molecular complexity index is 3930. The predicted octanol–water partition coefficient (Wildman–Crippen LogP) is -8.45. The van der Waals surface area contributed by atoms with Crippen LogP contribution in [0.25, 0.3) is 0 Å². The van der Waals surface area contributed by atoms with E-state index in [4.69, 9.17) is 40.1 Å². The van der Waals surface area contributed by atoms with Crippen LogP contribution in [0.5, 0.6) is 5.75 Å². The van der Waals surface area contributed by atoms with Crippen molar-refractivity contribution in [3.05, 3.63) is 29.8 Å². The Hall–Kier alpha value is -12.3. The van der Waals surface area contributed by atoms with E-state index in [1.54, 1.807) is 27.7 Å². The minimum Gasteiger partial charge on any atom is -0.508 e. The summed E-state index contributed by atoms with van der Waals surface area (Å²) in [5.74, 6) is -26.1. The zero-order chi connectivity index (χ0) is 96.8. The summed E-state index contributed by atoms with van der Waals surface area (Å²) in [5.41, 5.74) is 39.9. The SMILES string of the molecule is CC(C)C[C@H](NC(=O)[C@H](CCC(=O)O)NC(=O)[C@H](CCC(N)=O)NC(=O)[C@@H](NC(=O)[C@@H](NC(=O)[C@H](C)NC(=O)[C@H](CCCCN)NC(=O)[C@H](CCCCN)NC(=O)[C@H](CCCCN)NC(=O)[C@H](CC(N)=O)NC(=O)[C@H](Cc1ccc(O)cc1)NC(=O)[C@H](CCC(N)=O)NC(=O)[C@@H](NC(=O)[C@H](C)N)C(C)C)[C@@H](C)O)C(C)C)C(=O)N[C@@H](CC(=O)O)C(=O)N[C@@H](C)C(=O)O. The monoisotopic (exact) mass is 1800 g/mol. The molecule has 1 aromatic carbocycles. The van der Waals surface area contributed by atoms with Crippen molar-refractivity contribution in [3.8, 4) is 5.75 Å². The average molecular weight is 1810 g/mol. The van der Waals surface area contributed by atoms with Crippen LogP contribution in [-0.4, -0.2) is 272 Å². The number of phenols is 1. The van der Waals surface area contributed by atoms with E-state index in [1.165, 1.54) is 45.0 Å². The number of hydrogen-bond donors (Lipinski definition) is 27. The Labute approximate surface area is 734 Å². The van der Waals surface area contributed by atoms with Crippen LogP contribution in [0.2, 0.25) is 0 Å². The van der Waals surface area contributed by atoms with E-state index < -0.39 is 303 Å². The van der Waals surface area contributed by atoms with Gasteiger partial charge in [0.25, 0.3) is 0 Å². The predicted molar refractivity (Wildman–Crippen MR) is 453 cm³/mol. The maximum Gasteiger partial charge on any atom is 0.325 e. The van der Waals surface area contributed by atoms with Gasteiger partial charge in [-0.3, -0.25) is 101 Å². The van der Waals surface area contributed by atoms with Crippen molar-refractivity contribution in [1.82, 2.24) is 79.8 Å². The fraction of sp³-hybridized carbons (Fsp3) is 0.658. The molecule has 127 heavy (non-hydrogen) atoms. The molecule has 0 aliphatic rings. The van der Waals surface area contributed by atoms with Gasteiger partial charge in [-0.2, -0.15) is 0 Å². The third-order valence-corrected chi connectivity index (χ3v) is 19.5. The normalized spacial score (nSPS) is 15.2. The van der Waals surface area contributed by atoms with E-state index in [2.05, 4.69) is 74.4 Å². The minimum absolute atomic E-state index is 0.0959. The molecule has 0 bridgehead atoms. The van der Waals surface area contributed by atoms with Gasteiger partial charge in [-0.1, -0.05) is 53.7 Å². The molecule has 0 unspecified atom stereocenters. The van der Waals surface area contributed by atoms with Gasteiger partial charge >= 0.3 is 17.9 Å². The molecule has 48 nitrogen and oxygen atoms in total. The number of aliphatic hydroxyl groups excluding tert-OH is 1. The van der Waals surface area contributed by atoms with Crippen LogP contribution in [0.4, 0.5) is 0 Å². The lowest BCUT2D eigenvalue weighted by Gasteiger charge is -2.29. The van der Waals surface area contributed by atoms with Gasteiger partial charge in [0.05, 0.1) is 25.0 Å². The Balaban J connectivity index is 3.72. The number of aliphatic hydroxyl groups is 1. The highest BCUT2D eigenvalue weighted by Gasteiger charge is 2.41. The van der Waals surface area contributed by atoms with E-state index in [0.717, 1.165) is 20.8 Å². The molecule has 34 N–H and O–H groups in total. The first-order chi connectivity index (χ1) is 59.4. The maximum absolute atomic E-state index is 14.7. The van der Waals surface area contributed by atoms with Gasteiger partial charge in [-0.15, -0.1) is 0 Å². The van der Waals surface area contributed by atoms with Crippen LogP contribution in [0.3, 0.4) is 0 Å². The van der Waals surface area contributed by atoms with E-state index in [0.29, 0.717) is 18.4 Å². The molecule has 18 amide bonds. The Morgan fingerprint density at radius 2 is 0.622 bits per heavy atom. The number of aromatic hydroxyl groups is 1. The first kappa shape index (κ1) is 113. The number of primary amides is 3. The van der Waals surface area contributed by atoms with Crippen molar-refractivity contribution >= 4 is 124 Å². The zero-order valence-corrected chi connectivity index (χ0v) is 73.3. The molecule has 0 aliphatic carbocycles. The number of carbonyl (C=O) groups is 21. The number of carbonyl (C=O) groups excluding carboxylic acids is 18. The molecule has 0 fully saturated rings. The smallest absolute Gasteiger partial charge is 0.325 e. The van der Waals surface area contributed by atoms with Gasteiger partial charge in [0, 0.05) is 25.7 Å². The third-order valence-electron chi connectivity index (χ3n) is 19.5. The van der Waals surface area contributed by atoms with Crippen molar-refractivity contribution in [2.45, 2.75) is 294 Å². The molecule has 0 saturated carbocycles. The number of amides is 18. The zero-order valence-electron chi connectivity index (χ0n) is 73.3. The number of nitrogens with two attached hydrogens (primary N) is 7. The van der Waals surface area contributed by atoms with Crippen molar-refractivity contribution in [2.75, 3.05) is 19.6 Å². The molecule has 0 saturated heterocycles. The first-order valence-electron chi connectivity index (χ1n) is 41.8. The number of carboxylic acids is 3. The number of carboxylic acid groups (broad SMARTS) is 3. The third kappa shape index (κ3) is 43.9. The Kier molecular flexibility index (Phi) is 51.5. The molecule has 48 heteroatoms.